The number of hydrogen-bond acceptors (Lipinski definition) is 5. The number of nitrogens with zero attached hydrogens (tertiary/aromatic N) is 1. The van der Waals surface area contributed by atoms with Gasteiger partial charge >= 0.3 is 0 Å². The molecule has 0 aliphatic carbocycles. The van der Waals surface area contributed by atoms with Crippen LogP contribution in [-0.2, 0) is 11.4 Å². The molecule has 1 fully saturated rings. The zero-order chi connectivity index (χ0) is 24.2. The molecule has 0 N–H and O–H groups in total. The molecule has 1 amide bonds. The molecule has 0 atom stereocenters. The average molecular weight is 622 g/mol. The number of rotatable bonds is 7. The first kappa shape index (κ1) is 25.0. The summed E-state index contributed by atoms with van der Waals surface area (Å²) in [5.41, 5.74) is 3.62. The van der Waals surface area contributed by atoms with Gasteiger partial charge in [0.15, 0.2) is 15.8 Å². The molecule has 8 heteroatoms. The van der Waals surface area contributed by atoms with Crippen molar-refractivity contribution in [3.8, 4) is 11.5 Å². The van der Waals surface area contributed by atoms with Gasteiger partial charge in [0.1, 0.15) is 6.61 Å². The maximum atomic E-state index is 13.1. The SMILES string of the molecule is CCOc1cc(/C=C2\SC(=S)N(c3ccc(C)cc3)C2=O)cc(I)c1OCc1ccccc1Cl. The molecule has 3 aromatic rings. The van der Waals surface area contributed by atoms with E-state index < -0.39 is 0 Å². The minimum Gasteiger partial charge on any atom is -0.490 e. The van der Waals surface area contributed by atoms with E-state index in [0.29, 0.717) is 39.0 Å². The third kappa shape index (κ3) is 5.59. The van der Waals surface area contributed by atoms with Crippen LogP contribution in [0.3, 0.4) is 0 Å². The molecule has 4 rings (SSSR count). The molecule has 174 valence electrons. The summed E-state index contributed by atoms with van der Waals surface area (Å²) in [6.07, 6.45) is 1.84. The fourth-order valence-electron chi connectivity index (χ4n) is 3.38. The van der Waals surface area contributed by atoms with Crippen LogP contribution in [0.4, 0.5) is 5.69 Å². The van der Waals surface area contributed by atoms with Crippen LogP contribution in [0.5, 0.6) is 11.5 Å². The number of halogens is 2. The van der Waals surface area contributed by atoms with Crippen LogP contribution in [0.1, 0.15) is 23.6 Å². The Morgan fingerprint density at radius 3 is 2.56 bits per heavy atom. The summed E-state index contributed by atoms with van der Waals surface area (Å²) in [4.78, 5) is 15.3. The minimum absolute atomic E-state index is 0.133. The van der Waals surface area contributed by atoms with Crippen LogP contribution in [0.2, 0.25) is 5.02 Å². The predicted octanol–water partition coefficient (Wildman–Crippen LogP) is 7.64. The Balaban J connectivity index is 1.60. The van der Waals surface area contributed by atoms with Crippen molar-refractivity contribution in [2.75, 3.05) is 11.5 Å². The number of hydrogen-bond donors (Lipinski definition) is 0. The highest BCUT2D eigenvalue weighted by atomic mass is 127. The third-order valence-corrected chi connectivity index (χ3v) is 7.52. The standard InChI is InChI=1S/C26H21ClINO3S2/c1-3-31-22-13-17(12-21(28)24(22)32-15-18-6-4-5-7-20(18)27)14-23-25(30)29(26(33)34-23)19-10-8-16(2)9-11-19/h4-14H,3,15H2,1-2H3/b23-14-. The molecule has 1 heterocycles. The zero-order valence-corrected chi connectivity index (χ0v) is 23.1. The van der Waals surface area contributed by atoms with Crippen molar-refractivity contribution in [2.45, 2.75) is 20.5 Å². The van der Waals surface area contributed by atoms with Crippen molar-refractivity contribution in [1.29, 1.82) is 0 Å². The largest absolute Gasteiger partial charge is 0.490 e. The van der Waals surface area contributed by atoms with E-state index in [1.54, 1.807) is 4.90 Å². The molecule has 1 aliphatic heterocycles. The van der Waals surface area contributed by atoms with Gasteiger partial charge < -0.3 is 9.47 Å². The van der Waals surface area contributed by atoms with E-state index in [2.05, 4.69) is 22.6 Å². The van der Waals surface area contributed by atoms with Gasteiger partial charge in [-0.3, -0.25) is 9.69 Å². The second-order valence-electron chi connectivity index (χ2n) is 7.50. The number of benzene rings is 3. The lowest BCUT2D eigenvalue weighted by molar-refractivity contribution is -0.113. The lowest BCUT2D eigenvalue weighted by atomic mass is 10.1. The molecule has 0 unspecified atom stereocenters. The summed E-state index contributed by atoms with van der Waals surface area (Å²) in [6.45, 7) is 4.74. The van der Waals surface area contributed by atoms with Gasteiger partial charge in [-0.25, -0.2) is 0 Å². The molecule has 0 bridgehead atoms. The van der Waals surface area contributed by atoms with Gasteiger partial charge in [0.05, 0.1) is 20.8 Å². The topological polar surface area (TPSA) is 38.8 Å². The Hall–Kier alpha value is -2.07. The number of carbonyl (C=O) groups excluding carboxylic acids is 1. The van der Waals surface area contributed by atoms with E-state index in [-0.39, 0.29) is 5.91 Å². The van der Waals surface area contributed by atoms with Crippen LogP contribution in [0.15, 0.2) is 65.6 Å². The first-order valence-corrected chi connectivity index (χ1v) is 13.2. The summed E-state index contributed by atoms with van der Waals surface area (Å²) < 4.78 is 13.4. The van der Waals surface area contributed by atoms with Crippen LogP contribution in [0.25, 0.3) is 6.08 Å². The van der Waals surface area contributed by atoms with E-state index in [0.717, 1.165) is 25.9 Å². The van der Waals surface area contributed by atoms with Crippen LogP contribution in [-0.4, -0.2) is 16.8 Å². The van der Waals surface area contributed by atoms with Crippen molar-refractivity contribution >= 4 is 80.2 Å². The summed E-state index contributed by atoms with van der Waals surface area (Å²) in [6, 6.07) is 19.2. The maximum absolute atomic E-state index is 13.1. The van der Waals surface area contributed by atoms with Gasteiger partial charge in [0.2, 0.25) is 0 Å². The Bertz CT molecular complexity index is 1280. The van der Waals surface area contributed by atoms with Crippen molar-refractivity contribution in [3.63, 3.8) is 0 Å². The van der Waals surface area contributed by atoms with E-state index in [1.165, 1.54) is 11.8 Å². The molecule has 1 aliphatic rings. The van der Waals surface area contributed by atoms with Crippen molar-refractivity contribution in [2.24, 2.45) is 0 Å². The van der Waals surface area contributed by atoms with Crippen LogP contribution in [0, 0.1) is 10.5 Å². The van der Waals surface area contributed by atoms with Gasteiger partial charge in [-0.1, -0.05) is 71.5 Å². The molecular formula is C26H21ClINO3S2. The molecule has 1 saturated heterocycles. The number of ether oxygens (including phenoxy) is 2. The zero-order valence-electron chi connectivity index (χ0n) is 18.5. The number of aryl methyl sites for hydroxylation is 1. The lowest BCUT2D eigenvalue weighted by Gasteiger charge is -2.15. The van der Waals surface area contributed by atoms with Crippen molar-refractivity contribution in [3.05, 3.63) is 90.9 Å². The van der Waals surface area contributed by atoms with Crippen molar-refractivity contribution in [1.82, 2.24) is 0 Å². The first-order valence-electron chi connectivity index (χ1n) is 10.5. The number of carbonyl (C=O) groups is 1. The lowest BCUT2D eigenvalue weighted by Crippen LogP contribution is -2.27. The van der Waals surface area contributed by atoms with Crippen LogP contribution < -0.4 is 14.4 Å². The van der Waals surface area contributed by atoms with E-state index >= 15 is 0 Å². The Kier molecular flexibility index (Phi) is 8.18. The second-order valence-corrected chi connectivity index (χ2v) is 10.7. The van der Waals surface area contributed by atoms with E-state index in [1.807, 2.05) is 80.6 Å². The number of amides is 1. The molecular weight excluding hydrogens is 601 g/mol. The smallest absolute Gasteiger partial charge is 0.270 e. The fourth-order valence-corrected chi connectivity index (χ4v) is 5.65. The first-order chi connectivity index (χ1) is 16.4. The van der Waals surface area contributed by atoms with Crippen molar-refractivity contribution < 1.29 is 14.3 Å². The van der Waals surface area contributed by atoms with Crippen LogP contribution >= 0.6 is 58.2 Å². The molecule has 0 aromatic heterocycles. The average Bonchev–Trinajstić information content (AvgIpc) is 3.08. The fraction of sp³-hybridized carbons (Fsp3) is 0.154. The van der Waals surface area contributed by atoms with Gasteiger partial charge in [0.25, 0.3) is 5.91 Å². The van der Waals surface area contributed by atoms with Gasteiger partial charge in [-0.05, 0) is 78.4 Å². The minimum atomic E-state index is -0.133. The molecule has 0 radical (unpaired) electrons. The van der Waals surface area contributed by atoms with Gasteiger partial charge in [-0.2, -0.15) is 0 Å². The van der Waals surface area contributed by atoms with E-state index in [9.17, 15) is 4.79 Å². The number of thiocarbonyl (C=S) groups is 1. The highest BCUT2D eigenvalue weighted by molar-refractivity contribution is 14.1. The second kappa shape index (κ2) is 11.1. The Morgan fingerprint density at radius 2 is 1.85 bits per heavy atom. The highest BCUT2D eigenvalue weighted by Crippen LogP contribution is 2.39. The van der Waals surface area contributed by atoms with Gasteiger partial charge in [0, 0.05) is 10.6 Å². The highest BCUT2D eigenvalue weighted by Gasteiger charge is 2.33. The maximum Gasteiger partial charge on any atom is 0.270 e. The molecule has 34 heavy (non-hydrogen) atoms. The normalized spacial score (nSPS) is 14.7. The summed E-state index contributed by atoms with van der Waals surface area (Å²) >= 11 is 15.3. The molecule has 4 nitrogen and oxygen atoms in total. The third-order valence-electron chi connectivity index (χ3n) is 5.05. The monoisotopic (exact) mass is 621 g/mol. The molecule has 3 aromatic carbocycles. The summed E-state index contributed by atoms with van der Waals surface area (Å²) in [5.74, 6) is 1.12. The Labute approximate surface area is 227 Å². The summed E-state index contributed by atoms with van der Waals surface area (Å²) in [7, 11) is 0. The summed E-state index contributed by atoms with van der Waals surface area (Å²) in [5, 5.41) is 0.655. The Morgan fingerprint density at radius 1 is 1.12 bits per heavy atom. The molecule has 0 saturated carbocycles. The number of anilines is 1. The number of thioether (sulfide) groups is 1. The molecule has 0 spiro atoms. The quantitative estimate of drug-likeness (QED) is 0.154. The van der Waals surface area contributed by atoms with E-state index in [4.69, 9.17) is 33.3 Å². The predicted molar refractivity (Wildman–Crippen MR) is 153 cm³/mol. The van der Waals surface area contributed by atoms with Gasteiger partial charge in [-0.15, -0.1) is 0 Å².